The van der Waals surface area contributed by atoms with Crippen molar-refractivity contribution in [2.24, 2.45) is 11.8 Å². The second kappa shape index (κ2) is 18.5. The van der Waals surface area contributed by atoms with E-state index in [9.17, 15) is 38.8 Å². The molecule has 2 aromatic rings. The minimum atomic E-state index is -1.83. The van der Waals surface area contributed by atoms with Gasteiger partial charge in [-0.1, -0.05) is 0 Å². The van der Waals surface area contributed by atoms with Gasteiger partial charge in [0.2, 0.25) is 17.8 Å². The lowest BCUT2D eigenvalue weighted by atomic mass is 9.92. The van der Waals surface area contributed by atoms with Crippen LogP contribution >= 0.6 is 0 Å². The maximum absolute atomic E-state index is 14.9. The Morgan fingerprint density at radius 3 is 2.29 bits per heavy atom. The number of aliphatic hydroxyl groups excluding tert-OH is 5. The SMILES string of the molecule is COCc1cnc(N2CCC(CCCOc3cc(F)c(CC(=O)N4CC[C@H](C(=O)NC[C@H](O)[C@@H](O)[C@H](O)[C@H](O)CO)C4)c(F)c3)CC2)nc1. The summed E-state index contributed by atoms with van der Waals surface area (Å²) in [4.78, 5) is 37.8. The number of likely N-dealkylation sites (tertiary alicyclic amines) is 1. The topological polar surface area (TPSA) is 198 Å². The summed E-state index contributed by atoms with van der Waals surface area (Å²) in [6, 6.07) is 2.14. The van der Waals surface area contributed by atoms with E-state index in [1.807, 2.05) is 0 Å². The van der Waals surface area contributed by atoms with Crippen molar-refractivity contribution in [1.29, 1.82) is 0 Å². The van der Waals surface area contributed by atoms with Gasteiger partial charge in [-0.3, -0.25) is 9.59 Å². The zero-order valence-electron chi connectivity index (χ0n) is 27.6. The van der Waals surface area contributed by atoms with Crippen molar-refractivity contribution in [1.82, 2.24) is 20.2 Å². The molecule has 2 saturated heterocycles. The van der Waals surface area contributed by atoms with Crippen molar-refractivity contribution in [3.05, 3.63) is 47.3 Å². The number of carbonyl (C=O) groups excluding carboxylic acids is 2. The van der Waals surface area contributed by atoms with E-state index in [1.54, 1.807) is 19.5 Å². The number of nitrogens with zero attached hydrogens (tertiary/aromatic N) is 4. The summed E-state index contributed by atoms with van der Waals surface area (Å²) in [5, 5.41) is 50.3. The predicted molar refractivity (Wildman–Crippen MR) is 171 cm³/mol. The van der Waals surface area contributed by atoms with Gasteiger partial charge >= 0.3 is 0 Å². The van der Waals surface area contributed by atoms with E-state index in [0.717, 1.165) is 50.0 Å². The van der Waals surface area contributed by atoms with Gasteiger partial charge in [0.05, 0.1) is 38.3 Å². The summed E-state index contributed by atoms with van der Waals surface area (Å²) in [5.74, 6) is -2.30. The molecule has 5 atom stereocenters. The molecule has 3 heterocycles. The van der Waals surface area contributed by atoms with E-state index in [-0.39, 0.29) is 25.3 Å². The lowest BCUT2D eigenvalue weighted by Gasteiger charge is -2.32. The highest BCUT2D eigenvalue weighted by Crippen LogP contribution is 2.26. The fraction of sp³-hybridized carbons (Fsp3) is 0.636. The number of amides is 2. The Labute approximate surface area is 283 Å². The number of halogens is 2. The third-order valence-corrected chi connectivity index (χ3v) is 9.09. The third-order valence-electron chi connectivity index (χ3n) is 9.09. The molecule has 0 spiro atoms. The van der Waals surface area contributed by atoms with Crippen molar-refractivity contribution in [3.8, 4) is 5.75 Å². The lowest BCUT2D eigenvalue weighted by Crippen LogP contribution is -2.50. The van der Waals surface area contributed by atoms with Gasteiger partial charge in [0.25, 0.3) is 0 Å². The molecule has 1 aromatic carbocycles. The number of piperidine rings is 1. The zero-order chi connectivity index (χ0) is 35.5. The average Bonchev–Trinajstić information content (AvgIpc) is 3.61. The molecule has 0 bridgehead atoms. The number of rotatable bonds is 17. The van der Waals surface area contributed by atoms with Gasteiger partial charge in [-0.15, -0.1) is 0 Å². The Balaban J connectivity index is 1.16. The second-order valence-corrected chi connectivity index (χ2v) is 12.7. The zero-order valence-corrected chi connectivity index (χ0v) is 27.6. The van der Waals surface area contributed by atoms with E-state index in [4.69, 9.17) is 14.6 Å². The number of methoxy groups -OCH3 is 1. The Kier molecular flexibility index (Phi) is 14.4. The maximum atomic E-state index is 14.9. The largest absolute Gasteiger partial charge is 0.493 e. The lowest BCUT2D eigenvalue weighted by molar-refractivity contribution is -0.131. The van der Waals surface area contributed by atoms with Crippen LogP contribution in [0.5, 0.6) is 5.75 Å². The van der Waals surface area contributed by atoms with Crippen molar-refractivity contribution < 1.29 is 53.4 Å². The van der Waals surface area contributed by atoms with Gasteiger partial charge in [0.15, 0.2) is 0 Å². The Morgan fingerprint density at radius 1 is 1.00 bits per heavy atom. The number of hydrogen-bond acceptors (Lipinski definition) is 12. The van der Waals surface area contributed by atoms with Crippen LogP contribution in [0.25, 0.3) is 0 Å². The quantitative estimate of drug-likeness (QED) is 0.121. The van der Waals surface area contributed by atoms with Gasteiger partial charge in [-0.25, -0.2) is 18.7 Å². The molecule has 2 aliphatic heterocycles. The first-order valence-corrected chi connectivity index (χ1v) is 16.5. The summed E-state index contributed by atoms with van der Waals surface area (Å²) >= 11 is 0. The van der Waals surface area contributed by atoms with Crippen LogP contribution in [0, 0.1) is 23.5 Å². The number of ether oxygens (including phenoxy) is 2. The molecule has 272 valence electrons. The number of aliphatic hydroxyl groups is 5. The van der Waals surface area contributed by atoms with Crippen LogP contribution < -0.4 is 15.0 Å². The predicted octanol–water partition coefficient (Wildman–Crippen LogP) is -0.0801. The molecule has 0 saturated carbocycles. The molecule has 0 radical (unpaired) electrons. The number of anilines is 1. The summed E-state index contributed by atoms with van der Waals surface area (Å²) in [6.07, 6.45) is -0.0934. The molecule has 4 rings (SSSR count). The number of nitrogens with one attached hydrogen (secondary N) is 1. The highest BCUT2D eigenvalue weighted by Gasteiger charge is 2.34. The van der Waals surface area contributed by atoms with E-state index >= 15 is 0 Å². The molecule has 14 nitrogen and oxygen atoms in total. The van der Waals surface area contributed by atoms with Crippen molar-refractivity contribution in [3.63, 3.8) is 0 Å². The molecule has 2 amide bonds. The third kappa shape index (κ3) is 10.7. The van der Waals surface area contributed by atoms with Gasteiger partial charge in [0.1, 0.15) is 35.7 Å². The first-order valence-electron chi connectivity index (χ1n) is 16.5. The fourth-order valence-electron chi connectivity index (χ4n) is 6.07. The van der Waals surface area contributed by atoms with Crippen molar-refractivity contribution >= 4 is 17.8 Å². The van der Waals surface area contributed by atoms with E-state index in [1.165, 1.54) is 4.90 Å². The summed E-state index contributed by atoms with van der Waals surface area (Å²) in [7, 11) is 1.63. The average molecular weight is 696 g/mol. The van der Waals surface area contributed by atoms with Gasteiger partial charge in [-0.05, 0) is 38.0 Å². The van der Waals surface area contributed by atoms with Gasteiger partial charge < -0.3 is 50.1 Å². The van der Waals surface area contributed by atoms with Crippen LogP contribution in [0.4, 0.5) is 14.7 Å². The maximum Gasteiger partial charge on any atom is 0.227 e. The minimum Gasteiger partial charge on any atom is -0.493 e. The van der Waals surface area contributed by atoms with Crippen LogP contribution in [0.3, 0.4) is 0 Å². The van der Waals surface area contributed by atoms with Crippen LogP contribution in [0.15, 0.2) is 24.5 Å². The molecule has 0 aliphatic carbocycles. The van der Waals surface area contributed by atoms with Crippen LogP contribution in [-0.4, -0.2) is 130 Å². The van der Waals surface area contributed by atoms with E-state index < -0.39 is 78.9 Å². The fourth-order valence-corrected chi connectivity index (χ4v) is 6.07. The van der Waals surface area contributed by atoms with Gasteiger partial charge in [0, 0.05) is 75.5 Å². The first kappa shape index (κ1) is 38.3. The van der Waals surface area contributed by atoms with Crippen molar-refractivity contribution in [2.45, 2.75) is 69.5 Å². The number of benzene rings is 1. The van der Waals surface area contributed by atoms with Gasteiger partial charge in [-0.2, -0.15) is 0 Å². The highest BCUT2D eigenvalue weighted by molar-refractivity contribution is 5.83. The Morgan fingerprint density at radius 2 is 1.65 bits per heavy atom. The molecule has 49 heavy (non-hydrogen) atoms. The standard InChI is InChI=1S/C33H47F2N5O9/c1-48-19-21-14-37-33(38-15-21)39-7-4-20(5-8-39)3-2-10-49-23-11-25(34)24(26(35)12-23)13-29(44)40-9-6-22(17-40)32(47)36-16-27(42)30(45)31(46)28(43)18-41/h11-12,14-15,20,22,27-28,30-31,41-43,45-46H,2-10,13,16-19H2,1H3,(H,36,47)/t22-,27-,28+,30+,31+/m0/s1. The number of hydrogen-bond donors (Lipinski definition) is 6. The van der Waals surface area contributed by atoms with Crippen LogP contribution in [0.1, 0.15) is 43.2 Å². The van der Waals surface area contributed by atoms with Crippen molar-refractivity contribution in [2.75, 3.05) is 57.9 Å². The molecular weight excluding hydrogens is 648 g/mol. The number of carbonyl (C=O) groups is 2. The first-order chi connectivity index (χ1) is 23.5. The monoisotopic (exact) mass is 695 g/mol. The highest BCUT2D eigenvalue weighted by atomic mass is 19.1. The van der Waals surface area contributed by atoms with E-state index in [2.05, 4.69) is 20.2 Å². The molecule has 16 heteroatoms. The molecule has 2 aliphatic rings. The molecule has 1 aromatic heterocycles. The normalized spacial score (nSPS) is 19.4. The molecule has 6 N–H and O–H groups in total. The minimum absolute atomic E-state index is 0.00558. The summed E-state index contributed by atoms with van der Waals surface area (Å²) in [5.41, 5.74) is 0.525. The molecular formula is C33H47F2N5O9. The molecule has 0 unspecified atom stereocenters. The number of aromatic nitrogens is 2. The molecule has 2 fully saturated rings. The summed E-state index contributed by atoms with van der Waals surface area (Å²) in [6.45, 7) is 1.34. The second-order valence-electron chi connectivity index (χ2n) is 12.7. The van der Waals surface area contributed by atoms with E-state index in [0.29, 0.717) is 31.5 Å². The smallest absolute Gasteiger partial charge is 0.227 e. The Hall–Kier alpha value is -3.54. The Bertz CT molecular complexity index is 1340. The van der Waals surface area contributed by atoms with Crippen LogP contribution in [-0.2, 0) is 27.4 Å². The van der Waals surface area contributed by atoms with Crippen LogP contribution in [0.2, 0.25) is 0 Å². The summed E-state index contributed by atoms with van der Waals surface area (Å²) < 4.78 is 40.5.